The summed E-state index contributed by atoms with van der Waals surface area (Å²) in [5, 5.41) is 3.47. The van der Waals surface area contributed by atoms with Gasteiger partial charge in [-0.1, -0.05) is 34.6 Å². The molecule has 1 saturated carbocycles. The van der Waals surface area contributed by atoms with Gasteiger partial charge in [-0.3, -0.25) is 0 Å². The van der Waals surface area contributed by atoms with Crippen molar-refractivity contribution in [1.29, 1.82) is 0 Å². The molecule has 1 aliphatic carbocycles. The van der Waals surface area contributed by atoms with Gasteiger partial charge in [-0.25, -0.2) is 15.8 Å². The molecule has 0 amide bonds. The molecular formula is C15H27N5. The predicted molar refractivity (Wildman–Crippen MR) is 83.7 cm³/mol. The van der Waals surface area contributed by atoms with Gasteiger partial charge in [-0.2, -0.15) is 0 Å². The number of nitrogens with one attached hydrogen (secondary N) is 2. The molecule has 1 aliphatic rings. The lowest BCUT2D eigenvalue weighted by molar-refractivity contribution is 0.544. The minimum Gasteiger partial charge on any atom is -0.369 e. The van der Waals surface area contributed by atoms with Crippen molar-refractivity contribution < 1.29 is 0 Å². The summed E-state index contributed by atoms with van der Waals surface area (Å²) < 4.78 is 0. The molecule has 1 aromatic heterocycles. The fraction of sp³-hybridized carbons (Fsp3) is 0.733. The zero-order valence-corrected chi connectivity index (χ0v) is 13.5. The molecule has 0 saturated heterocycles. The lowest BCUT2D eigenvalue weighted by Gasteiger charge is -2.20. The molecule has 1 fully saturated rings. The van der Waals surface area contributed by atoms with Crippen molar-refractivity contribution in [1.82, 2.24) is 9.97 Å². The van der Waals surface area contributed by atoms with E-state index in [9.17, 15) is 0 Å². The highest BCUT2D eigenvalue weighted by Gasteiger charge is 2.45. The number of anilines is 2. The third-order valence-electron chi connectivity index (χ3n) is 4.19. The van der Waals surface area contributed by atoms with Gasteiger partial charge in [0.2, 0.25) is 0 Å². The van der Waals surface area contributed by atoms with Crippen LogP contribution in [0.3, 0.4) is 0 Å². The molecule has 0 spiro atoms. The third-order valence-corrected chi connectivity index (χ3v) is 4.19. The molecule has 0 aromatic carbocycles. The lowest BCUT2D eigenvalue weighted by Crippen LogP contribution is -2.22. The number of hydrazine groups is 1. The number of hydrogen-bond donors (Lipinski definition) is 3. The molecule has 5 heteroatoms. The maximum Gasteiger partial charge on any atom is 0.148 e. The quantitative estimate of drug-likeness (QED) is 0.583. The molecule has 1 atom stereocenters. The van der Waals surface area contributed by atoms with Gasteiger partial charge in [0, 0.05) is 17.5 Å². The Balaban J connectivity index is 2.22. The van der Waals surface area contributed by atoms with Crippen molar-refractivity contribution in [3.63, 3.8) is 0 Å². The molecule has 2 rings (SSSR count). The fourth-order valence-electron chi connectivity index (χ4n) is 2.31. The lowest BCUT2D eigenvalue weighted by atomic mass is 9.95. The second-order valence-electron chi connectivity index (χ2n) is 7.53. The van der Waals surface area contributed by atoms with Gasteiger partial charge < -0.3 is 10.7 Å². The summed E-state index contributed by atoms with van der Waals surface area (Å²) in [4.78, 5) is 9.19. The van der Waals surface area contributed by atoms with Crippen molar-refractivity contribution in [2.45, 2.75) is 53.4 Å². The fourth-order valence-corrected chi connectivity index (χ4v) is 2.31. The van der Waals surface area contributed by atoms with E-state index in [1.54, 1.807) is 0 Å². The summed E-state index contributed by atoms with van der Waals surface area (Å²) in [5.74, 6) is 8.69. The average Bonchev–Trinajstić information content (AvgIpc) is 2.94. The Bertz CT molecular complexity index is 502. The van der Waals surface area contributed by atoms with E-state index in [0.717, 1.165) is 29.7 Å². The zero-order valence-electron chi connectivity index (χ0n) is 13.5. The van der Waals surface area contributed by atoms with E-state index < -0.39 is 0 Å². The zero-order chi connectivity index (χ0) is 15.1. The summed E-state index contributed by atoms with van der Waals surface area (Å²) in [6, 6.07) is 0. The van der Waals surface area contributed by atoms with Crippen LogP contribution in [0.4, 0.5) is 11.6 Å². The van der Waals surface area contributed by atoms with Crippen LogP contribution in [0.1, 0.15) is 52.4 Å². The summed E-state index contributed by atoms with van der Waals surface area (Å²) in [6.07, 6.45) is 1.28. The van der Waals surface area contributed by atoms with Crippen molar-refractivity contribution in [3.05, 3.63) is 11.4 Å². The first-order chi connectivity index (χ1) is 9.15. The second-order valence-corrected chi connectivity index (χ2v) is 7.53. The van der Waals surface area contributed by atoms with Crippen LogP contribution in [0.5, 0.6) is 0 Å². The number of hydrogen-bond acceptors (Lipinski definition) is 5. The van der Waals surface area contributed by atoms with Crippen LogP contribution in [0.25, 0.3) is 0 Å². The van der Waals surface area contributed by atoms with Crippen LogP contribution in [-0.2, 0) is 5.41 Å². The van der Waals surface area contributed by atoms with Gasteiger partial charge in [0.25, 0.3) is 0 Å². The highest BCUT2D eigenvalue weighted by molar-refractivity contribution is 5.57. The Labute approximate surface area is 121 Å². The van der Waals surface area contributed by atoms with Crippen molar-refractivity contribution in [2.24, 2.45) is 17.2 Å². The van der Waals surface area contributed by atoms with Gasteiger partial charge in [-0.15, -0.1) is 0 Å². The summed E-state index contributed by atoms with van der Waals surface area (Å²) in [7, 11) is 0. The molecule has 1 unspecified atom stereocenters. The van der Waals surface area contributed by atoms with Crippen LogP contribution < -0.4 is 16.6 Å². The minimum absolute atomic E-state index is 0.103. The largest absolute Gasteiger partial charge is 0.369 e. The Morgan fingerprint density at radius 1 is 1.25 bits per heavy atom. The van der Waals surface area contributed by atoms with E-state index >= 15 is 0 Å². The van der Waals surface area contributed by atoms with E-state index in [4.69, 9.17) is 5.84 Å². The third kappa shape index (κ3) is 3.03. The topological polar surface area (TPSA) is 75.9 Å². The monoisotopic (exact) mass is 277 g/mol. The van der Waals surface area contributed by atoms with Gasteiger partial charge in [0.15, 0.2) is 0 Å². The van der Waals surface area contributed by atoms with Gasteiger partial charge in [0.1, 0.15) is 17.5 Å². The molecule has 20 heavy (non-hydrogen) atoms. The smallest absolute Gasteiger partial charge is 0.148 e. The first-order valence-electron chi connectivity index (χ1n) is 7.25. The maximum atomic E-state index is 5.58. The Kier molecular flexibility index (Phi) is 3.67. The normalized spacial score (nSPS) is 20.6. The van der Waals surface area contributed by atoms with Crippen LogP contribution in [0.15, 0.2) is 0 Å². The van der Waals surface area contributed by atoms with Crippen molar-refractivity contribution >= 4 is 11.6 Å². The molecule has 112 valence electrons. The molecule has 0 radical (unpaired) electrons. The van der Waals surface area contributed by atoms with Crippen LogP contribution in [0, 0.1) is 18.3 Å². The number of nitrogens with two attached hydrogens (primary N) is 1. The van der Waals surface area contributed by atoms with Gasteiger partial charge in [-0.05, 0) is 24.7 Å². The molecule has 1 aromatic rings. The summed E-state index contributed by atoms with van der Waals surface area (Å²) in [6.45, 7) is 13.9. The number of nitrogens with zero attached hydrogens (tertiary/aromatic N) is 2. The SMILES string of the molecule is Cc1c(NN)nc(C(C)(C)C)nc1NCC1CC1(C)C. The van der Waals surface area contributed by atoms with E-state index in [0.29, 0.717) is 11.2 Å². The van der Waals surface area contributed by atoms with Gasteiger partial charge >= 0.3 is 0 Å². The molecule has 0 bridgehead atoms. The first kappa shape index (κ1) is 15.0. The Morgan fingerprint density at radius 2 is 1.80 bits per heavy atom. The number of rotatable bonds is 4. The predicted octanol–water partition coefficient (Wildman–Crippen LogP) is 2.83. The molecule has 1 heterocycles. The highest BCUT2D eigenvalue weighted by atomic mass is 15.3. The summed E-state index contributed by atoms with van der Waals surface area (Å²) >= 11 is 0. The molecule has 0 aliphatic heterocycles. The highest BCUT2D eigenvalue weighted by Crippen LogP contribution is 2.51. The first-order valence-corrected chi connectivity index (χ1v) is 7.25. The maximum absolute atomic E-state index is 5.58. The van der Waals surface area contributed by atoms with Crippen molar-refractivity contribution in [3.8, 4) is 0 Å². The Morgan fingerprint density at radius 3 is 2.25 bits per heavy atom. The molecular weight excluding hydrogens is 250 g/mol. The minimum atomic E-state index is -0.103. The molecule has 4 N–H and O–H groups in total. The Hall–Kier alpha value is -1.36. The number of aromatic nitrogens is 2. The standard InChI is InChI=1S/C15H27N5/c1-9-11(17-8-10-7-15(10,5)6)18-13(14(2,3)4)19-12(9)20-16/h10H,7-8,16H2,1-6H3,(H2,17,18,19,20). The summed E-state index contributed by atoms with van der Waals surface area (Å²) in [5.41, 5.74) is 4.01. The van der Waals surface area contributed by atoms with E-state index in [1.807, 2.05) is 6.92 Å². The van der Waals surface area contributed by atoms with E-state index in [1.165, 1.54) is 6.42 Å². The van der Waals surface area contributed by atoms with E-state index in [-0.39, 0.29) is 5.41 Å². The average molecular weight is 277 g/mol. The van der Waals surface area contributed by atoms with Gasteiger partial charge in [0.05, 0.1) is 0 Å². The van der Waals surface area contributed by atoms with Crippen LogP contribution >= 0.6 is 0 Å². The van der Waals surface area contributed by atoms with Crippen LogP contribution in [0.2, 0.25) is 0 Å². The van der Waals surface area contributed by atoms with E-state index in [2.05, 4.69) is 55.3 Å². The van der Waals surface area contributed by atoms with Crippen molar-refractivity contribution in [2.75, 3.05) is 17.3 Å². The second kappa shape index (κ2) is 4.88. The van der Waals surface area contributed by atoms with Crippen LogP contribution in [-0.4, -0.2) is 16.5 Å². The molecule has 5 nitrogen and oxygen atoms in total. The number of nitrogen functional groups attached to an aromatic ring is 1.